The molecule has 19 heavy (non-hydrogen) atoms. The van der Waals surface area contributed by atoms with Crippen molar-refractivity contribution in [1.29, 1.82) is 0 Å². The molecular formula is C15H24N2O2. The van der Waals surface area contributed by atoms with Gasteiger partial charge in [0, 0.05) is 17.6 Å². The van der Waals surface area contributed by atoms with Crippen LogP contribution in [0.1, 0.15) is 44.4 Å². The molecule has 0 spiro atoms. The molecular weight excluding hydrogens is 240 g/mol. The van der Waals surface area contributed by atoms with Crippen LogP contribution in [0.15, 0.2) is 18.2 Å². The standard InChI is InChI=1S/C15H24N2O2/c1-10(2)17-15(18)7-8-19-14-6-5-11(3)9-13(14)12(4)16/h5-6,9-10,12H,7-8,16H2,1-4H3,(H,17,18)/t12-/m1/s1. The lowest BCUT2D eigenvalue weighted by molar-refractivity contribution is -0.122. The van der Waals surface area contributed by atoms with Gasteiger partial charge in [-0.2, -0.15) is 0 Å². The van der Waals surface area contributed by atoms with E-state index in [0.717, 1.165) is 16.9 Å². The summed E-state index contributed by atoms with van der Waals surface area (Å²) in [5, 5.41) is 2.83. The van der Waals surface area contributed by atoms with E-state index >= 15 is 0 Å². The third-order valence-electron chi connectivity index (χ3n) is 2.69. The Morgan fingerprint density at radius 1 is 1.37 bits per heavy atom. The van der Waals surface area contributed by atoms with Crippen molar-refractivity contribution in [2.75, 3.05) is 6.61 Å². The highest BCUT2D eigenvalue weighted by Crippen LogP contribution is 2.25. The molecule has 0 bridgehead atoms. The summed E-state index contributed by atoms with van der Waals surface area (Å²) < 4.78 is 5.66. The van der Waals surface area contributed by atoms with Gasteiger partial charge in [0.15, 0.2) is 0 Å². The van der Waals surface area contributed by atoms with Gasteiger partial charge < -0.3 is 15.8 Å². The van der Waals surface area contributed by atoms with E-state index in [2.05, 4.69) is 5.32 Å². The van der Waals surface area contributed by atoms with Crippen molar-refractivity contribution < 1.29 is 9.53 Å². The highest BCUT2D eigenvalue weighted by atomic mass is 16.5. The van der Waals surface area contributed by atoms with Crippen molar-refractivity contribution in [3.63, 3.8) is 0 Å². The summed E-state index contributed by atoms with van der Waals surface area (Å²) >= 11 is 0. The number of ether oxygens (including phenoxy) is 1. The number of nitrogens with one attached hydrogen (secondary N) is 1. The summed E-state index contributed by atoms with van der Waals surface area (Å²) in [5.74, 6) is 0.766. The Kier molecular flexibility index (Phi) is 5.83. The van der Waals surface area contributed by atoms with E-state index in [1.807, 2.05) is 45.9 Å². The number of hydrogen-bond acceptors (Lipinski definition) is 3. The summed E-state index contributed by atoms with van der Waals surface area (Å²) in [5.41, 5.74) is 8.05. The zero-order valence-corrected chi connectivity index (χ0v) is 12.2. The molecule has 106 valence electrons. The van der Waals surface area contributed by atoms with Crippen LogP contribution < -0.4 is 15.8 Å². The van der Waals surface area contributed by atoms with Gasteiger partial charge in [0.1, 0.15) is 5.75 Å². The first kappa shape index (κ1) is 15.5. The van der Waals surface area contributed by atoms with Crippen molar-refractivity contribution in [3.05, 3.63) is 29.3 Å². The summed E-state index contributed by atoms with van der Waals surface area (Å²) in [6.45, 7) is 8.18. The Bertz CT molecular complexity index is 428. The van der Waals surface area contributed by atoms with Crippen molar-refractivity contribution in [3.8, 4) is 5.75 Å². The van der Waals surface area contributed by atoms with E-state index in [1.165, 1.54) is 0 Å². The van der Waals surface area contributed by atoms with Gasteiger partial charge in [-0.15, -0.1) is 0 Å². The number of carbonyl (C=O) groups excluding carboxylic acids is 1. The lowest BCUT2D eigenvalue weighted by atomic mass is 10.1. The number of nitrogens with two attached hydrogens (primary N) is 1. The molecule has 0 heterocycles. The average Bonchev–Trinajstić information content (AvgIpc) is 2.29. The van der Waals surface area contributed by atoms with Gasteiger partial charge in [-0.05, 0) is 33.8 Å². The second kappa shape index (κ2) is 7.14. The van der Waals surface area contributed by atoms with Crippen LogP contribution in [0.4, 0.5) is 0 Å². The van der Waals surface area contributed by atoms with Crippen LogP contribution in [0, 0.1) is 6.92 Å². The van der Waals surface area contributed by atoms with Crippen LogP contribution in [0.5, 0.6) is 5.75 Å². The first-order valence-electron chi connectivity index (χ1n) is 6.68. The monoisotopic (exact) mass is 264 g/mol. The second-order valence-electron chi connectivity index (χ2n) is 5.15. The molecule has 0 unspecified atom stereocenters. The molecule has 0 aliphatic heterocycles. The van der Waals surface area contributed by atoms with E-state index < -0.39 is 0 Å². The maximum Gasteiger partial charge on any atom is 0.223 e. The largest absolute Gasteiger partial charge is 0.493 e. The Morgan fingerprint density at radius 3 is 2.63 bits per heavy atom. The fourth-order valence-electron chi connectivity index (χ4n) is 1.80. The van der Waals surface area contributed by atoms with Gasteiger partial charge in [0.25, 0.3) is 0 Å². The molecule has 4 heteroatoms. The maximum atomic E-state index is 11.5. The second-order valence-corrected chi connectivity index (χ2v) is 5.15. The topological polar surface area (TPSA) is 64.3 Å². The molecule has 3 N–H and O–H groups in total. The van der Waals surface area contributed by atoms with Gasteiger partial charge in [-0.25, -0.2) is 0 Å². The molecule has 0 radical (unpaired) electrons. The third kappa shape index (κ3) is 5.30. The van der Waals surface area contributed by atoms with Crippen LogP contribution >= 0.6 is 0 Å². The smallest absolute Gasteiger partial charge is 0.223 e. The zero-order valence-electron chi connectivity index (χ0n) is 12.2. The summed E-state index contributed by atoms with van der Waals surface area (Å²) in [4.78, 5) is 11.5. The van der Waals surface area contributed by atoms with E-state index in [0.29, 0.717) is 13.0 Å². The lowest BCUT2D eigenvalue weighted by Gasteiger charge is -2.15. The van der Waals surface area contributed by atoms with Gasteiger partial charge in [0.2, 0.25) is 5.91 Å². The number of amides is 1. The molecule has 1 amide bonds. The Hall–Kier alpha value is -1.55. The molecule has 0 saturated heterocycles. The van der Waals surface area contributed by atoms with Crippen LogP contribution in [0.2, 0.25) is 0 Å². The molecule has 1 atom stereocenters. The van der Waals surface area contributed by atoms with E-state index in [9.17, 15) is 4.79 Å². The lowest BCUT2D eigenvalue weighted by Crippen LogP contribution is -2.31. The third-order valence-corrected chi connectivity index (χ3v) is 2.69. The van der Waals surface area contributed by atoms with E-state index in [4.69, 9.17) is 10.5 Å². The summed E-state index contributed by atoms with van der Waals surface area (Å²) in [7, 11) is 0. The number of benzene rings is 1. The molecule has 0 saturated carbocycles. The minimum Gasteiger partial charge on any atom is -0.493 e. The molecule has 0 aliphatic carbocycles. The summed E-state index contributed by atoms with van der Waals surface area (Å²) in [6, 6.07) is 5.99. The minimum atomic E-state index is -0.0839. The number of carbonyl (C=O) groups is 1. The van der Waals surface area contributed by atoms with Gasteiger partial charge in [0.05, 0.1) is 13.0 Å². The van der Waals surface area contributed by atoms with Crippen LogP contribution in [0.3, 0.4) is 0 Å². The SMILES string of the molecule is Cc1ccc(OCCC(=O)NC(C)C)c([C@@H](C)N)c1. The fourth-order valence-corrected chi connectivity index (χ4v) is 1.80. The van der Waals surface area contributed by atoms with Crippen molar-refractivity contribution in [2.45, 2.75) is 46.2 Å². The molecule has 1 rings (SSSR count). The van der Waals surface area contributed by atoms with Gasteiger partial charge in [-0.1, -0.05) is 17.7 Å². The molecule has 0 aliphatic rings. The quantitative estimate of drug-likeness (QED) is 0.828. The fraction of sp³-hybridized carbons (Fsp3) is 0.533. The predicted octanol–water partition coefficient (Wildman–Crippen LogP) is 2.31. The highest BCUT2D eigenvalue weighted by Gasteiger charge is 2.09. The van der Waals surface area contributed by atoms with Gasteiger partial charge >= 0.3 is 0 Å². The average molecular weight is 264 g/mol. The van der Waals surface area contributed by atoms with Crippen molar-refractivity contribution in [2.24, 2.45) is 5.73 Å². The Labute approximate surface area is 115 Å². The molecule has 0 aromatic heterocycles. The molecule has 1 aromatic carbocycles. The van der Waals surface area contributed by atoms with Crippen molar-refractivity contribution >= 4 is 5.91 Å². The number of aryl methyl sites for hydroxylation is 1. The van der Waals surface area contributed by atoms with E-state index in [1.54, 1.807) is 0 Å². The predicted molar refractivity (Wildman–Crippen MR) is 77.2 cm³/mol. The van der Waals surface area contributed by atoms with Crippen molar-refractivity contribution in [1.82, 2.24) is 5.32 Å². The highest BCUT2D eigenvalue weighted by molar-refractivity contribution is 5.76. The summed E-state index contributed by atoms with van der Waals surface area (Å²) in [6.07, 6.45) is 0.352. The van der Waals surface area contributed by atoms with Crippen LogP contribution in [-0.2, 0) is 4.79 Å². The maximum absolute atomic E-state index is 11.5. The normalized spacial score (nSPS) is 12.3. The first-order chi connectivity index (χ1) is 8.90. The molecule has 4 nitrogen and oxygen atoms in total. The van der Waals surface area contributed by atoms with Crippen LogP contribution in [0.25, 0.3) is 0 Å². The Balaban J connectivity index is 2.56. The first-order valence-corrected chi connectivity index (χ1v) is 6.68. The number of hydrogen-bond donors (Lipinski definition) is 2. The van der Waals surface area contributed by atoms with Crippen LogP contribution in [-0.4, -0.2) is 18.6 Å². The van der Waals surface area contributed by atoms with Gasteiger partial charge in [-0.3, -0.25) is 4.79 Å². The van der Waals surface area contributed by atoms with E-state index in [-0.39, 0.29) is 18.0 Å². The molecule has 1 aromatic rings. The molecule has 0 fully saturated rings. The Morgan fingerprint density at radius 2 is 2.05 bits per heavy atom. The zero-order chi connectivity index (χ0) is 14.4. The number of rotatable bonds is 6. The minimum absolute atomic E-state index is 0.00413.